The van der Waals surface area contributed by atoms with E-state index in [1.165, 1.54) is 0 Å². The van der Waals surface area contributed by atoms with Gasteiger partial charge in [0.05, 0.1) is 12.2 Å². The van der Waals surface area contributed by atoms with Crippen molar-refractivity contribution in [3.63, 3.8) is 0 Å². The summed E-state index contributed by atoms with van der Waals surface area (Å²) in [6.07, 6.45) is 0.604. The van der Waals surface area contributed by atoms with Crippen LogP contribution in [0.15, 0.2) is 22.7 Å². The van der Waals surface area contributed by atoms with E-state index in [9.17, 15) is 5.11 Å². The number of aliphatic hydroxyl groups is 1. The lowest BCUT2D eigenvalue weighted by molar-refractivity contribution is 0.0551. The van der Waals surface area contributed by atoms with Gasteiger partial charge in [0.2, 0.25) is 0 Å². The summed E-state index contributed by atoms with van der Waals surface area (Å²) in [6, 6.07) is 6.25. The van der Waals surface area contributed by atoms with Gasteiger partial charge in [-0.25, -0.2) is 0 Å². The van der Waals surface area contributed by atoms with Crippen LogP contribution in [0.5, 0.6) is 5.75 Å². The standard InChI is InChI=1S/C14H22BrNO2/c1-10(16-4)12-6-5-11(15)9-13(12)18-8-7-14(2,3)17/h5-6,9-10,16-17H,7-8H2,1-4H3. The lowest BCUT2D eigenvalue weighted by Gasteiger charge is -2.20. The highest BCUT2D eigenvalue weighted by atomic mass is 79.9. The molecule has 2 N–H and O–H groups in total. The summed E-state index contributed by atoms with van der Waals surface area (Å²) in [5, 5.41) is 12.9. The predicted octanol–water partition coefficient (Wildman–Crippen LogP) is 3.27. The van der Waals surface area contributed by atoms with Crippen molar-refractivity contribution >= 4 is 15.9 Å². The third kappa shape index (κ3) is 4.96. The molecule has 0 radical (unpaired) electrons. The molecule has 0 saturated carbocycles. The van der Waals surface area contributed by atoms with Crippen LogP contribution in [-0.4, -0.2) is 24.4 Å². The van der Waals surface area contributed by atoms with Crippen LogP contribution in [-0.2, 0) is 0 Å². The maximum Gasteiger partial charge on any atom is 0.125 e. The molecule has 1 atom stereocenters. The summed E-state index contributed by atoms with van der Waals surface area (Å²) >= 11 is 3.45. The van der Waals surface area contributed by atoms with Crippen molar-refractivity contribution in [3.05, 3.63) is 28.2 Å². The summed E-state index contributed by atoms with van der Waals surface area (Å²) in [5.74, 6) is 0.857. The van der Waals surface area contributed by atoms with Crippen LogP contribution in [0.25, 0.3) is 0 Å². The first-order valence-corrected chi connectivity index (χ1v) is 6.94. The first-order valence-electron chi connectivity index (χ1n) is 6.15. The molecule has 0 heterocycles. The molecule has 18 heavy (non-hydrogen) atoms. The molecule has 0 aliphatic carbocycles. The smallest absolute Gasteiger partial charge is 0.125 e. The first kappa shape index (κ1) is 15.5. The molecule has 0 bridgehead atoms. The Hall–Kier alpha value is -0.580. The summed E-state index contributed by atoms with van der Waals surface area (Å²) in [5.41, 5.74) is 0.428. The molecule has 1 aromatic rings. The zero-order chi connectivity index (χ0) is 13.8. The fourth-order valence-corrected chi connectivity index (χ4v) is 1.90. The SMILES string of the molecule is CNC(C)c1ccc(Br)cc1OCCC(C)(C)O. The molecule has 0 saturated heterocycles. The minimum absolute atomic E-state index is 0.232. The number of ether oxygens (including phenoxy) is 1. The minimum atomic E-state index is -0.694. The molecule has 0 aliphatic rings. The second-order valence-electron chi connectivity index (χ2n) is 5.10. The predicted molar refractivity (Wildman–Crippen MR) is 78.0 cm³/mol. The van der Waals surface area contributed by atoms with Crippen molar-refractivity contribution < 1.29 is 9.84 Å². The molecule has 0 aromatic heterocycles. The van der Waals surface area contributed by atoms with Crippen LogP contribution in [0.4, 0.5) is 0 Å². The maximum atomic E-state index is 9.67. The molecule has 1 rings (SSSR count). The molecule has 4 heteroatoms. The van der Waals surface area contributed by atoms with Gasteiger partial charge in [-0.1, -0.05) is 22.0 Å². The fraction of sp³-hybridized carbons (Fsp3) is 0.571. The quantitative estimate of drug-likeness (QED) is 0.846. The van der Waals surface area contributed by atoms with Crippen LogP contribution in [0.3, 0.4) is 0 Å². The number of hydrogen-bond acceptors (Lipinski definition) is 3. The minimum Gasteiger partial charge on any atom is -0.493 e. The highest BCUT2D eigenvalue weighted by molar-refractivity contribution is 9.10. The van der Waals surface area contributed by atoms with Crippen molar-refractivity contribution in [1.29, 1.82) is 0 Å². The Morgan fingerprint density at radius 3 is 2.67 bits per heavy atom. The van der Waals surface area contributed by atoms with Gasteiger partial charge in [-0.3, -0.25) is 0 Å². The number of nitrogens with one attached hydrogen (secondary N) is 1. The second kappa shape index (κ2) is 6.55. The normalized spacial score (nSPS) is 13.4. The highest BCUT2D eigenvalue weighted by Gasteiger charge is 2.14. The molecule has 3 nitrogen and oxygen atoms in total. The Balaban J connectivity index is 2.76. The van der Waals surface area contributed by atoms with E-state index in [1.807, 2.05) is 25.2 Å². The fourth-order valence-electron chi connectivity index (χ4n) is 1.56. The van der Waals surface area contributed by atoms with Crippen LogP contribution in [0.1, 0.15) is 38.8 Å². The van der Waals surface area contributed by atoms with Gasteiger partial charge >= 0.3 is 0 Å². The molecule has 0 fully saturated rings. The van der Waals surface area contributed by atoms with Crippen molar-refractivity contribution in [3.8, 4) is 5.75 Å². The summed E-state index contributed by atoms with van der Waals surface area (Å²) in [6.45, 7) is 6.16. The highest BCUT2D eigenvalue weighted by Crippen LogP contribution is 2.29. The number of hydrogen-bond donors (Lipinski definition) is 2. The van der Waals surface area contributed by atoms with Crippen molar-refractivity contribution in [1.82, 2.24) is 5.32 Å². The summed E-state index contributed by atoms with van der Waals surface area (Å²) in [7, 11) is 1.92. The van der Waals surface area contributed by atoms with Gasteiger partial charge in [0.1, 0.15) is 5.75 Å². The van der Waals surface area contributed by atoms with Crippen molar-refractivity contribution in [2.24, 2.45) is 0 Å². The average molecular weight is 316 g/mol. The van der Waals surface area contributed by atoms with E-state index >= 15 is 0 Å². The lowest BCUT2D eigenvalue weighted by atomic mass is 10.1. The van der Waals surface area contributed by atoms with Crippen LogP contribution < -0.4 is 10.1 Å². The molecular weight excluding hydrogens is 294 g/mol. The number of halogens is 1. The van der Waals surface area contributed by atoms with Gasteiger partial charge in [0, 0.05) is 22.5 Å². The van der Waals surface area contributed by atoms with Gasteiger partial charge in [0.15, 0.2) is 0 Å². The van der Waals surface area contributed by atoms with E-state index in [0.29, 0.717) is 13.0 Å². The third-order valence-corrected chi connectivity index (χ3v) is 3.34. The molecule has 1 unspecified atom stereocenters. The van der Waals surface area contributed by atoms with E-state index in [0.717, 1.165) is 15.8 Å². The molecule has 1 aromatic carbocycles. The van der Waals surface area contributed by atoms with Crippen molar-refractivity contribution in [2.45, 2.75) is 38.8 Å². The van der Waals surface area contributed by atoms with E-state index in [4.69, 9.17) is 4.74 Å². The van der Waals surface area contributed by atoms with Crippen LogP contribution >= 0.6 is 15.9 Å². The van der Waals surface area contributed by atoms with E-state index < -0.39 is 5.60 Å². The zero-order valence-electron chi connectivity index (χ0n) is 11.5. The molecule has 102 valence electrons. The lowest BCUT2D eigenvalue weighted by Crippen LogP contribution is -2.22. The third-order valence-electron chi connectivity index (χ3n) is 2.85. The Kier molecular flexibility index (Phi) is 5.63. The maximum absolute atomic E-state index is 9.67. The molecule has 0 aliphatic heterocycles. The van der Waals surface area contributed by atoms with E-state index in [-0.39, 0.29) is 6.04 Å². The molecule has 0 spiro atoms. The zero-order valence-corrected chi connectivity index (χ0v) is 13.0. The van der Waals surface area contributed by atoms with Gasteiger partial charge in [-0.15, -0.1) is 0 Å². The monoisotopic (exact) mass is 315 g/mol. The summed E-state index contributed by atoms with van der Waals surface area (Å²) < 4.78 is 6.78. The Morgan fingerprint density at radius 1 is 1.44 bits per heavy atom. The van der Waals surface area contributed by atoms with Gasteiger partial charge in [0.25, 0.3) is 0 Å². The Labute approximate surface area is 118 Å². The van der Waals surface area contributed by atoms with Crippen molar-refractivity contribution in [2.75, 3.05) is 13.7 Å². The summed E-state index contributed by atoms with van der Waals surface area (Å²) in [4.78, 5) is 0. The van der Waals surface area contributed by atoms with Gasteiger partial charge < -0.3 is 15.2 Å². The Bertz CT molecular complexity index is 388. The van der Waals surface area contributed by atoms with Gasteiger partial charge in [-0.05, 0) is 40.0 Å². The van der Waals surface area contributed by atoms with E-state index in [1.54, 1.807) is 13.8 Å². The largest absolute Gasteiger partial charge is 0.493 e. The van der Waals surface area contributed by atoms with Crippen LogP contribution in [0, 0.1) is 0 Å². The first-order chi connectivity index (χ1) is 8.33. The topological polar surface area (TPSA) is 41.5 Å². The number of rotatable bonds is 6. The average Bonchev–Trinajstić information content (AvgIpc) is 2.26. The van der Waals surface area contributed by atoms with Crippen LogP contribution in [0.2, 0.25) is 0 Å². The van der Waals surface area contributed by atoms with Gasteiger partial charge in [-0.2, -0.15) is 0 Å². The molecule has 0 amide bonds. The van der Waals surface area contributed by atoms with E-state index in [2.05, 4.69) is 28.2 Å². The Morgan fingerprint density at radius 2 is 2.11 bits per heavy atom. The number of benzene rings is 1. The second-order valence-corrected chi connectivity index (χ2v) is 6.02. The molecular formula is C14H22BrNO2.